The predicted molar refractivity (Wildman–Crippen MR) is 125 cm³/mol. The zero-order chi connectivity index (χ0) is 22.2. The summed E-state index contributed by atoms with van der Waals surface area (Å²) in [6.07, 6.45) is 4.63. The fourth-order valence-electron chi connectivity index (χ4n) is 3.21. The third-order valence-corrected chi connectivity index (χ3v) is 5.85. The van der Waals surface area contributed by atoms with E-state index in [9.17, 15) is 9.59 Å². The third-order valence-electron chi connectivity index (χ3n) is 4.94. The summed E-state index contributed by atoms with van der Waals surface area (Å²) >= 11 is 0.993. The van der Waals surface area contributed by atoms with Crippen LogP contribution in [0.2, 0.25) is 0 Å². The fraction of sp³-hybridized carbons (Fsp3) is 0.360. The van der Waals surface area contributed by atoms with Gasteiger partial charge in [-0.05, 0) is 61.4 Å². The maximum absolute atomic E-state index is 12.6. The average Bonchev–Trinajstić information content (AvgIpc) is 3.02. The normalized spacial score (nSPS) is 15.1. The van der Waals surface area contributed by atoms with Crippen molar-refractivity contribution >= 4 is 29.0 Å². The number of imide groups is 1. The summed E-state index contributed by atoms with van der Waals surface area (Å²) < 4.78 is 11.7. The quantitative estimate of drug-likeness (QED) is 0.326. The first kappa shape index (κ1) is 22.9. The number of nitrogens with zero attached hydrogens (tertiary/aromatic N) is 1. The minimum absolute atomic E-state index is 0.199. The van der Waals surface area contributed by atoms with E-state index in [1.54, 1.807) is 6.08 Å². The van der Waals surface area contributed by atoms with Gasteiger partial charge >= 0.3 is 0 Å². The Bertz CT molecular complexity index is 952. The van der Waals surface area contributed by atoms with Crippen molar-refractivity contribution in [1.29, 1.82) is 0 Å². The lowest BCUT2D eigenvalue weighted by molar-refractivity contribution is -0.122. The zero-order valence-electron chi connectivity index (χ0n) is 18.3. The van der Waals surface area contributed by atoms with Gasteiger partial charge < -0.3 is 9.47 Å². The lowest BCUT2D eigenvalue weighted by Crippen LogP contribution is -2.29. The Hall–Kier alpha value is -2.73. The van der Waals surface area contributed by atoms with E-state index in [0.29, 0.717) is 36.2 Å². The molecule has 0 saturated carbocycles. The zero-order valence-corrected chi connectivity index (χ0v) is 19.2. The van der Waals surface area contributed by atoms with Crippen LogP contribution < -0.4 is 9.47 Å². The second kappa shape index (κ2) is 11.0. The lowest BCUT2D eigenvalue weighted by atomic mass is 10.1. The van der Waals surface area contributed by atoms with Crippen LogP contribution in [-0.2, 0) is 11.4 Å². The molecule has 1 aliphatic heterocycles. The maximum atomic E-state index is 12.6. The van der Waals surface area contributed by atoms with Crippen molar-refractivity contribution in [3.8, 4) is 11.5 Å². The molecule has 1 saturated heterocycles. The molecule has 1 heterocycles. The molecule has 31 heavy (non-hydrogen) atoms. The van der Waals surface area contributed by atoms with Gasteiger partial charge in [-0.1, -0.05) is 55.7 Å². The van der Waals surface area contributed by atoms with Crippen molar-refractivity contribution in [2.24, 2.45) is 0 Å². The van der Waals surface area contributed by atoms with Crippen molar-refractivity contribution in [1.82, 2.24) is 4.90 Å². The number of hydrogen-bond acceptors (Lipinski definition) is 5. The summed E-state index contributed by atoms with van der Waals surface area (Å²) in [5.74, 6) is 1.04. The fourth-order valence-corrected chi connectivity index (χ4v) is 4.08. The first-order valence-corrected chi connectivity index (χ1v) is 11.5. The van der Waals surface area contributed by atoms with Crippen LogP contribution in [0, 0.1) is 6.92 Å². The summed E-state index contributed by atoms with van der Waals surface area (Å²) in [5.41, 5.74) is 3.08. The van der Waals surface area contributed by atoms with Gasteiger partial charge in [0, 0.05) is 6.54 Å². The molecule has 0 aromatic heterocycles. The smallest absolute Gasteiger partial charge is 0.293 e. The highest BCUT2D eigenvalue weighted by Crippen LogP contribution is 2.35. The molecule has 1 aliphatic rings. The average molecular weight is 440 g/mol. The van der Waals surface area contributed by atoms with Gasteiger partial charge in [0.05, 0.1) is 11.5 Å². The molecule has 0 bridgehead atoms. The van der Waals surface area contributed by atoms with Crippen LogP contribution in [0.4, 0.5) is 4.79 Å². The van der Waals surface area contributed by atoms with Crippen LogP contribution >= 0.6 is 11.8 Å². The number of carbonyl (C=O) groups excluding carboxylic acids is 2. The monoisotopic (exact) mass is 439 g/mol. The molecule has 164 valence electrons. The molecule has 3 rings (SSSR count). The molecule has 6 heteroatoms. The number of unbranched alkanes of at least 4 members (excludes halogenated alkanes) is 2. The van der Waals surface area contributed by atoms with Gasteiger partial charge in [-0.2, -0.15) is 0 Å². The Balaban J connectivity index is 1.73. The highest BCUT2D eigenvalue weighted by Gasteiger charge is 2.34. The maximum Gasteiger partial charge on any atom is 0.293 e. The first-order valence-electron chi connectivity index (χ1n) is 10.7. The third kappa shape index (κ3) is 6.14. The Kier molecular flexibility index (Phi) is 8.18. The van der Waals surface area contributed by atoms with Crippen LogP contribution in [0.15, 0.2) is 47.4 Å². The lowest BCUT2D eigenvalue weighted by Gasteiger charge is -2.13. The number of ether oxygens (including phenoxy) is 2. The number of thioether (sulfide) groups is 1. The molecule has 0 aliphatic carbocycles. The Morgan fingerprint density at radius 3 is 2.45 bits per heavy atom. The van der Waals surface area contributed by atoms with E-state index < -0.39 is 0 Å². The molecule has 0 spiro atoms. The summed E-state index contributed by atoms with van der Waals surface area (Å²) in [5, 5.41) is -0.199. The van der Waals surface area contributed by atoms with Gasteiger partial charge in [0.2, 0.25) is 0 Å². The Morgan fingerprint density at radius 2 is 1.74 bits per heavy atom. The molecular weight excluding hydrogens is 410 g/mol. The van der Waals surface area contributed by atoms with E-state index in [-0.39, 0.29) is 11.1 Å². The summed E-state index contributed by atoms with van der Waals surface area (Å²) in [4.78, 5) is 26.6. The van der Waals surface area contributed by atoms with Gasteiger partial charge in [-0.15, -0.1) is 0 Å². The van der Waals surface area contributed by atoms with Gasteiger partial charge in [0.1, 0.15) is 6.61 Å². The van der Waals surface area contributed by atoms with Gasteiger partial charge in [0.25, 0.3) is 11.1 Å². The van der Waals surface area contributed by atoms with E-state index in [4.69, 9.17) is 9.47 Å². The van der Waals surface area contributed by atoms with Crippen molar-refractivity contribution < 1.29 is 19.1 Å². The van der Waals surface area contributed by atoms with Crippen molar-refractivity contribution in [2.75, 3.05) is 13.2 Å². The Labute approximate surface area is 188 Å². The molecule has 0 atom stereocenters. The predicted octanol–water partition coefficient (Wildman–Crippen LogP) is 6.20. The molecular formula is C25H29NO4S. The number of amides is 2. The molecule has 5 nitrogen and oxygen atoms in total. The first-order chi connectivity index (χ1) is 15.0. The number of carbonyl (C=O) groups is 2. The van der Waals surface area contributed by atoms with Crippen LogP contribution in [-0.4, -0.2) is 29.2 Å². The minimum Gasteiger partial charge on any atom is -0.490 e. The highest BCUT2D eigenvalue weighted by molar-refractivity contribution is 8.18. The number of hydrogen-bond donors (Lipinski definition) is 0. The molecule has 0 N–H and O–H groups in total. The van der Waals surface area contributed by atoms with Gasteiger partial charge in [-0.3, -0.25) is 14.5 Å². The molecule has 0 radical (unpaired) electrons. The van der Waals surface area contributed by atoms with Crippen LogP contribution in [0.5, 0.6) is 11.5 Å². The van der Waals surface area contributed by atoms with E-state index in [1.165, 1.54) is 10.5 Å². The van der Waals surface area contributed by atoms with Crippen molar-refractivity contribution in [3.63, 3.8) is 0 Å². The topological polar surface area (TPSA) is 55.8 Å². The number of rotatable bonds is 10. The standard InChI is InChI=1S/C25H29NO4S/c1-4-6-7-14-26-24(27)23(31-25(26)28)16-20-12-13-21(22(15-20)29-5-2)30-17-19-10-8-18(3)9-11-19/h8-13,15-16H,4-7,14,17H2,1-3H3/b23-16-. The van der Waals surface area contributed by atoms with Crippen LogP contribution in [0.3, 0.4) is 0 Å². The second-order valence-electron chi connectivity index (χ2n) is 7.45. The summed E-state index contributed by atoms with van der Waals surface area (Å²) in [6, 6.07) is 13.8. The van der Waals surface area contributed by atoms with E-state index in [0.717, 1.165) is 42.2 Å². The van der Waals surface area contributed by atoms with Crippen molar-refractivity contribution in [2.45, 2.75) is 46.6 Å². The SMILES string of the molecule is CCCCCN1C(=O)S/C(=C\c2ccc(OCc3ccc(C)cc3)c(OCC)c2)C1=O. The number of aryl methyl sites for hydroxylation is 1. The summed E-state index contributed by atoms with van der Waals surface area (Å²) in [6.45, 7) is 7.48. The van der Waals surface area contributed by atoms with Gasteiger partial charge in [0.15, 0.2) is 11.5 Å². The minimum atomic E-state index is -0.219. The second-order valence-corrected chi connectivity index (χ2v) is 8.45. The van der Waals surface area contributed by atoms with E-state index in [2.05, 4.69) is 26.0 Å². The summed E-state index contributed by atoms with van der Waals surface area (Å²) in [7, 11) is 0. The molecule has 0 unspecified atom stereocenters. The van der Waals surface area contributed by atoms with Gasteiger partial charge in [-0.25, -0.2) is 0 Å². The molecule has 2 aromatic rings. The number of benzene rings is 2. The van der Waals surface area contributed by atoms with Crippen molar-refractivity contribution in [3.05, 3.63) is 64.1 Å². The molecule has 2 aromatic carbocycles. The highest BCUT2D eigenvalue weighted by atomic mass is 32.2. The van der Waals surface area contributed by atoms with E-state index >= 15 is 0 Å². The molecule has 2 amide bonds. The molecule has 1 fully saturated rings. The largest absolute Gasteiger partial charge is 0.490 e. The van der Waals surface area contributed by atoms with Crippen LogP contribution in [0.1, 0.15) is 49.8 Å². The van der Waals surface area contributed by atoms with Crippen LogP contribution in [0.25, 0.3) is 6.08 Å². The Morgan fingerprint density at radius 1 is 0.968 bits per heavy atom. The van der Waals surface area contributed by atoms with E-state index in [1.807, 2.05) is 37.3 Å².